The van der Waals surface area contributed by atoms with Gasteiger partial charge < -0.3 is 5.11 Å². The SMILES string of the molecule is O=C(O)C(C1CCCCCCC1)C1CCCCCCC1. The van der Waals surface area contributed by atoms with Crippen LogP contribution >= 0.6 is 0 Å². The number of carbonyl (C=O) groups is 1. The van der Waals surface area contributed by atoms with Gasteiger partial charge in [-0.25, -0.2) is 0 Å². The van der Waals surface area contributed by atoms with Gasteiger partial charge in [0.05, 0.1) is 5.92 Å². The zero-order valence-corrected chi connectivity index (χ0v) is 13.0. The molecule has 2 fully saturated rings. The molecule has 0 aromatic carbocycles. The lowest BCUT2D eigenvalue weighted by Crippen LogP contribution is -2.32. The van der Waals surface area contributed by atoms with Crippen molar-refractivity contribution >= 4 is 5.97 Å². The molecule has 0 bridgehead atoms. The molecule has 2 heteroatoms. The van der Waals surface area contributed by atoms with Gasteiger partial charge in [-0.05, 0) is 37.5 Å². The molecule has 0 heterocycles. The van der Waals surface area contributed by atoms with Crippen molar-refractivity contribution in [1.82, 2.24) is 0 Å². The molecule has 0 aromatic heterocycles. The Morgan fingerprint density at radius 3 is 1.25 bits per heavy atom. The van der Waals surface area contributed by atoms with E-state index in [0.29, 0.717) is 11.8 Å². The summed E-state index contributed by atoms with van der Waals surface area (Å²) in [5, 5.41) is 9.80. The fraction of sp³-hybridized carbons (Fsp3) is 0.944. The van der Waals surface area contributed by atoms with E-state index in [1.807, 2.05) is 0 Å². The van der Waals surface area contributed by atoms with Crippen molar-refractivity contribution in [3.63, 3.8) is 0 Å². The first-order chi connectivity index (χ1) is 9.79. The Kier molecular flexibility index (Phi) is 6.89. The van der Waals surface area contributed by atoms with Crippen molar-refractivity contribution in [3.8, 4) is 0 Å². The summed E-state index contributed by atoms with van der Waals surface area (Å²) in [5.74, 6) is 0.363. The Morgan fingerprint density at radius 1 is 0.650 bits per heavy atom. The molecule has 2 aliphatic carbocycles. The van der Waals surface area contributed by atoms with Crippen LogP contribution in [-0.2, 0) is 4.79 Å². The van der Waals surface area contributed by atoms with E-state index in [1.54, 1.807) is 0 Å². The molecule has 20 heavy (non-hydrogen) atoms. The summed E-state index contributed by atoms with van der Waals surface area (Å²) < 4.78 is 0. The maximum atomic E-state index is 11.9. The number of carboxylic acid groups (broad SMARTS) is 1. The first-order valence-corrected chi connectivity index (χ1v) is 9.02. The standard InChI is InChI=1S/C18H32O2/c19-18(20)17(15-11-7-3-1-4-8-12-15)16-13-9-5-2-6-10-14-16/h15-17H,1-14H2,(H,19,20). The molecule has 0 unspecified atom stereocenters. The first kappa shape index (κ1) is 15.9. The van der Waals surface area contributed by atoms with Gasteiger partial charge in [0, 0.05) is 0 Å². The molecule has 2 saturated carbocycles. The maximum Gasteiger partial charge on any atom is 0.307 e. The molecule has 0 aromatic rings. The molecule has 2 rings (SSSR count). The molecule has 2 nitrogen and oxygen atoms in total. The van der Waals surface area contributed by atoms with Crippen molar-refractivity contribution in [3.05, 3.63) is 0 Å². The van der Waals surface area contributed by atoms with Crippen LogP contribution in [0.5, 0.6) is 0 Å². The minimum Gasteiger partial charge on any atom is -0.481 e. The van der Waals surface area contributed by atoms with Gasteiger partial charge in [0.1, 0.15) is 0 Å². The summed E-state index contributed by atoms with van der Waals surface area (Å²) >= 11 is 0. The highest BCUT2D eigenvalue weighted by molar-refractivity contribution is 5.70. The van der Waals surface area contributed by atoms with Crippen LogP contribution in [0.4, 0.5) is 0 Å². The number of rotatable bonds is 3. The quantitative estimate of drug-likeness (QED) is 0.750. The molecule has 0 saturated heterocycles. The third-order valence-electron chi connectivity index (χ3n) is 5.60. The van der Waals surface area contributed by atoms with E-state index in [0.717, 1.165) is 25.7 Å². The summed E-state index contributed by atoms with van der Waals surface area (Å²) in [6, 6.07) is 0. The largest absolute Gasteiger partial charge is 0.481 e. The fourth-order valence-corrected chi connectivity index (χ4v) is 4.48. The molecule has 0 amide bonds. The van der Waals surface area contributed by atoms with Crippen molar-refractivity contribution in [2.75, 3.05) is 0 Å². The highest BCUT2D eigenvalue weighted by Crippen LogP contribution is 2.38. The van der Waals surface area contributed by atoms with Crippen LogP contribution in [0.25, 0.3) is 0 Å². The van der Waals surface area contributed by atoms with Crippen LogP contribution < -0.4 is 0 Å². The van der Waals surface area contributed by atoms with Crippen LogP contribution in [0.3, 0.4) is 0 Å². The molecule has 0 radical (unpaired) electrons. The number of hydrogen-bond donors (Lipinski definition) is 1. The molecule has 0 spiro atoms. The van der Waals surface area contributed by atoms with E-state index in [4.69, 9.17) is 0 Å². The monoisotopic (exact) mass is 280 g/mol. The Morgan fingerprint density at radius 2 is 0.950 bits per heavy atom. The third kappa shape index (κ3) is 4.79. The lowest BCUT2D eigenvalue weighted by atomic mass is 9.71. The summed E-state index contributed by atoms with van der Waals surface area (Å²) in [7, 11) is 0. The second kappa shape index (κ2) is 8.69. The molecule has 0 aliphatic heterocycles. The minimum atomic E-state index is -0.499. The van der Waals surface area contributed by atoms with Crippen LogP contribution in [0.15, 0.2) is 0 Å². The molecule has 0 atom stereocenters. The Labute approximate surface area is 124 Å². The Bertz CT molecular complexity index is 249. The van der Waals surface area contributed by atoms with Gasteiger partial charge in [-0.15, -0.1) is 0 Å². The molecular formula is C18H32O2. The highest BCUT2D eigenvalue weighted by atomic mass is 16.4. The van der Waals surface area contributed by atoms with Gasteiger partial charge in [-0.2, -0.15) is 0 Å². The van der Waals surface area contributed by atoms with Crippen molar-refractivity contribution < 1.29 is 9.90 Å². The van der Waals surface area contributed by atoms with Gasteiger partial charge in [0.2, 0.25) is 0 Å². The van der Waals surface area contributed by atoms with Crippen LogP contribution in [0.2, 0.25) is 0 Å². The van der Waals surface area contributed by atoms with Gasteiger partial charge in [0.15, 0.2) is 0 Å². The average Bonchev–Trinajstić information content (AvgIpc) is 2.33. The second-order valence-electron chi connectivity index (χ2n) is 7.07. The number of aliphatic carboxylic acids is 1. The smallest absolute Gasteiger partial charge is 0.307 e. The normalized spacial score (nSPS) is 24.6. The third-order valence-corrected chi connectivity index (χ3v) is 5.60. The minimum absolute atomic E-state index is 0.0498. The van der Waals surface area contributed by atoms with E-state index in [9.17, 15) is 9.90 Å². The lowest BCUT2D eigenvalue weighted by molar-refractivity contribution is -0.147. The average molecular weight is 280 g/mol. The first-order valence-electron chi connectivity index (χ1n) is 9.02. The molecule has 2 aliphatic rings. The van der Waals surface area contributed by atoms with Crippen molar-refractivity contribution in [2.45, 2.75) is 89.9 Å². The summed E-state index contributed by atoms with van der Waals surface area (Å²) in [6.45, 7) is 0. The summed E-state index contributed by atoms with van der Waals surface area (Å²) in [5.41, 5.74) is 0. The van der Waals surface area contributed by atoms with Crippen LogP contribution in [0, 0.1) is 17.8 Å². The number of hydrogen-bond acceptors (Lipinski definition) is 1. The van der Waals surface area contributed by atoms with Gasteiger partial charge in [0.25, 0.3) is 0 Å². The Balaban J connectivity index is 2.00. The zero-order chi connectivity index (χ0) is 14.2. The number of carboxylic acids is 1. The maximum absolute atomic E-state index is 11.9. The van der Waals surface area contributed by atoms with Crippen molar-refractivity contribution in [2.24, 2.45) is 17.8 Å². The van der Waals surface area contributed by atoms with Gasteiger partial charge >= 0.3 is 5.97 Å². The zero-order valence-electron chi connectivity index (χ0n) is 13.0. The van der Waals surface area contributed by atoms with Crippen LogP contribution in [0.1, 0.15) is 89.9 Å². The summed E-state index contributed by atoms with van der Waals surface area (Å²) in [6.07, 6.45) is 17.6. The fourth-order valence-electron chi connectivity index (χ4n) is 4.48. The predicted octanol–water partition coefficient (Wildman–Crippen LogP) is 5.41. The molecular weight excluding hydrogens is 248 g/mol. The topological polar surface area (TPSA) is 37.3 Å². The van der Waals surface area contributed by atoms with Crippen molar-refractivity contribution in [1.29, 1.82) is 0 Å². The Hall–Kier alpha value is -0.530. The van der Waals surface area contributed by atoms with E-state index < -0.39 is 5.97 Å². The highest BCUT2D eigenvalue weighted by Gasteiger charge is 2.34. The van der Waals surface area contributed by atoms with E-state index in [2.05, 4.69) is 0 Å². The van der Waals surface area contributed by atoms with E-state index in [1.165, 1.54) is 64.2 Å². The second-order valence-corrected chi connectivity index (χ2v) is 7.07. The lowest BCUT2D eigenvalue weighted by Gasteiger charge is -2.33. The van der Waals surface area contributed by atoms with E-state index in [-0.39, 0.29) is 5.92 Å². The van der Waals surface area contributed by atoms with Gasteiger partial charge in [-0.3, -0.25) is 4.79 Å². The van der Waals surface area contributed by atoms with E-state index >= 15 is 0 Å². The molecule has 1 N–H and O–H groups in total. The summed E-state index contributed by atoms with van der Waals surface area (Å²) in [4.78, 5) is 11.9. The van der Waals surface area contributed by atoms with Gasteiger partial charge in [-0.1, -0.05) is 64.2 Å². The predicted molar refractivity (Wildman–Crippen MR) is 82.7 cm³/mol. The molecule has 116 valence electrons. The van der Waals surface area contributed by atoms with Crippen LogP contribution in [-0.4, -0.2) is 11.1 Å².